The molecule has 0 aliphatic carbocycles. The minimum absolute atomic E-state index is 0.237. The lowest BCUT2D eigenvalue weighted by Gasteiger charge is -2.20. The molecule has 18 heavy (non-hydrogen) atoms. The maximum absolute atomic E-state index is 5.83. The summed E-state index contributed by atoms with van der Waals surface area (Å²) in [5.74, 6) is 0. The van der Waals surface area contributed by atoms with Gasteiger partial charge in [0, 0.05) is 45.5 Å². The van der Waals surface area contributed by atoms with E-state index in [1.54, 1.807) is 0 Å². The Kier molecular flexibility index (Phi) is 6.12. The van der Waals surface area contributed by atoms with Crippen molar-refractivity contribution in [2.24, 2.45) is 5.73 Å². The highest BCUT2D eigenvalue weighted by Gasteiger charge is 2.08. The molecule has 1 atom stereocenters. The van der Waals surface area contributed by atoms with Crippen LogP contribution in [0.25, 0.3) is 0 Å². The van der Waals surface area contributed by atoms with Gasteiger partial charge in [-0.05, 0) is 31.8 Å². The second-order valence-corrected chi connectivity index (χ2v) is 5.03. The molecule has 1 unspecified atom stereocenters. The molecule has 1 rings (SSSR count). The van der Waals surface area contributed by atoms with E-state index in [2.05, 4.69) is 53.5 Å². The van der Waals surface area contributed by atoms with Crippen LogP contribution in [0.5, 0.6) is 0 Å². The van der Waals surface area contributed by atoms with Crippen LogP contribution in [-0.2, 0) is 0 Å². The highest BCUT2D eigenvalue weighted by Crippen LogP contribution is 2.17. The number of nitrogens with one attached hydrogen (secondary N) is 1. The Labute approximate surface area is 111 Å². The Morgan fingerprint density at radius 1 is 1.11 bits per heavy atom. The van der Waals surface area contributed by atoms with E-state index in [9.17, 15) is 0 Å². The third kappa shape index (κ3) is 4.64. The monoisotopic (exact) mass is 250 g/mol. The van der Waals surface area contributed by atoms with Crippen LogP contribution in [-0.4, -0.2) is 52.7 Å². The molecule has 0 saturated heterocycles. The minimum atomic E-state index is 0.237. The summed E-state index contributed by atoms with van der Waals surface area (Å²) in [6.45, 7) is 2.59. The highest BCUT2D eigenvalue weighted by molar-refractivity contribution is 5.46. The zero-order valence-electron chi connectivity index (χ0n) is 12.0. The summed E-state index contributed by atoms with van der Waals surface area (Å²) in [5.41, 5.74) is 8.30. The van der Waals surface area contributed by atoms with E-state index in [1.165, 1.54) is 11.3 Å². The third-order valence-electron chi connectivity index (χ3n) is 3.00. The lowest BCUT2D eigenvalue weighted by molar-refractivity contribution is 0.385. The zero-order chi connectivity index (χ0) is 13.5. The largest absolute Gasteiger partial charge is 0.378 e. The van der Waals surface area contributed by atoms with E-state index in [4.69, 9.17) is 5.73 Å². The maximum Gasteiger partial charge on any atom is 0.0445 e. The van der Waals surface area contributed by atoms with Gasteiger partial charge in [-0.2, -0.15) is 0 Å². The van der Waals surface area contributed by atoms with Gasteiger partial charge < -0.3 is 20.9 Å². The normalized spacial score (nSPS) is 12.8. The average molecular weight is 250 g/mol. The van der Waals surface area contributed by atoms with Crippen molar-refractivity contribution in [3.8, 4) is 0 Å². The number of hydrogen-bond acceptors (Lipinski definition) is 4. The van der Waals surface area contributed by atoms with E-state index in [-0.39, 0.29) is 6.04 Å². The standard InChI is InChI=1S/C14H26N4/c1-17(2)10-9-16-14(11-15)12-5-7-13(8-6-12)18(3)4/h5-8,14,16H,9-11,15H2,1-4H3. The van der Waals surface area contributed by atoms with Gasteiger partial charge in [0.05, 0.1) is 0 Å². The summed E-state index contributed by atoms with van der Waals surface area (Å²) in [6, 6.07) is 8.80. The summed E-state index contributed by atoms with van der Waals surface area (Å²) in [6.07, 6.45) is 0. The van der Waals surface area contributed by atoms with E-state index >= 15 is 0 Å². The van der Waals surface area contributed by atoms with E-state index in [1.807, 2.05) is 14.1 Å². The van der Waals surface area contributed by atoms with Crippen molar-refractivity contribution >= 4 is 5.69 Å². The first kappa shape index (κ1) is 15.0. The molecule has 0 heterocycles. The molecule has 1 aromatic rings. The van der Waals surface area contributed by atoms with Crippen molar-refractivity contribution in [1.82, 2.24) is 10.2 Å². The predicted molar refractivity (Wildman–Crippen MR) is 79.1 cm³/mol. The fourth-order valence-electron chi connectivity index (χ4n) is 1.80. The molecule has 102 valence electrons. The van der Waals surface area contributed by atoms with Crippen LogP contribution in [0.4, 0.5) is 5.69 Å². The fraction of sp³-hybridized carbons (Fsp3) is 0.571. The fourth-order valence-corrected chi connectivity index (χ4v) is 1.80. The number of nitrogens with zero attached hydrogens (tertiary/aromatic N) is 2. The van der Waals surface area contributed by atoms with Crippen LogP contribution in [0.3, 0.4) is 0 Å². The molecule has 0 radical (unpaired) electrons. The molecule has 1 aromatic carbocycles. The molecule has 4 heteroatoms. The molecule has 0 saturated carbocycles. The second kappa shape index (κ2) is 7.36. The van der Waals surface area contributed by atoms with E-state index in [0.717, 1.165) is 13.1 Å². The van der Waals surface area contributed by atoms with Gasteiger partial charge in [-0.3, -0.25) is 0 Å². The van der Waals surface area contributed by atoms with E-state index < -0.39 is 0 Å². The van der Waals surface area contributed by atoms with Crippen LogP contribution in [0.2, 0.25) is 0 Å². The highest BCUT2D eigenvalue weighted by atomic mass is 15.1. The van der Waals surface area contributed by atoms with Gasteiger partial charge in [-0.15, -0.1) is 0 Å². The summed E-state index contributed by atoms with van der Waals surface area (Å²) >= 11 is 0. The number of hydrogen-bond donors (Lipinski definition) is 2. The minimum Gasteiger partial charge on any atom is -0.378 e. The number of likely N-dealkylation sites (N-methyl/N-ethyl adjacent to an activating group) is 1. The third-order valence-corrected chi connectivity index (χ3v) is 3.00. The SMILES string of the molecule is CN(C)CCNC(CN)c1ccc(N(C)C)cc1. The van der Waals surface area contributed by atoms with Crippen LogP contribution >= 0.6 is 0 Å². The van der Waals surface area contributed by atoms with Crippen LogP contribution in [0.15, 0.2) is 24.3 Å². The lowest BCUT2D eigenvalue weighted by Crippen LogP contribution is -2.33. The number of nitrogens with two attached hydrogens (primary N) is 1. The molecule has 3 N–H and O–H groups in total. The first-order valence-corrected chi connectivity index (χ1v) is 6.40. The Morgan fingerprint density at radius 2 is 1.72 bits per heavy atom. The average Bonchev–Trinajstić information content (AvgIpc) is 2.34. The maximum atomic E-state index is 5.83. The van der Waals surface area contributed by atoms with Gasteiger partial charge in [0.2, 0.25) is 0 Å². The molecule has 0 aliphatic rings. The van der Waals surface area contributed by atoms with Gasteiger partial charge in [0.15, 0.2) is 0 Å². The van der Waals surface area contributed by atoms with Crippen LogP contribution in [0.1, 0.15) is 11.6 Å². The summed E-state index contributed by atoms with van der Waals surface area (Å²) in [4.78, 5) is 4.26. The van der Waals surface area contributed by atoms with Gasteiger partial charge >= 0.3 is 0 Å². The molecule has 0 fully saturated rings. The first-order valence-electron chi connectivity index (χ1n) is 6.40. The Balaban J connectivity index is 2.58. The molecule has 0 bridgehead atoms. The Hall–Kier alpha value is -1.10. The van der Waals surface area contributed by atoms with Crippen molar-refractivity contribution < 1.29 is 0 Å². The summed E-state index contributed by atoms with van der Waals surface area (Å²) in [5, 5.41) is 3.49. The van der Waals surface area contributed by atoms with Gasteiger partial charge in [-0.25, -0.2) is 0 Å². The lowest BCUT2D eigenvalue weighted by atomic mass is 10.1. The van der Waals surface area contributed by atoms with Crippen molar-refractivity contribution in [2.45, 2.75) is 6.04 Å². The Morgan fingerprint density at radius 3 is 2.17 bits per heavy atom. The predicted octanol–water partition coefficient (Wildman–Crippen LogP) is 0.904. The van der Waals surface area contributed by atoms with Gasteiger partial charge in [0.1, 0.15) is 0 Å². The summed E-state index contributed by atoms with van der Waals surface area (Å²) in [7, 11) is 8.24. The second-order valence-electron chi connectivity index (χ2n) is 5.03. The van der Waals surface area contributed by atoms with Gasteiger partial charge in [0.25, 0.3) is 0 Å². The van der Waals surface area contributed by atoms with Gasteiger partial charge in [-0.1, -0.05) is 12.1 Å². The van der Waals surface area contributed by atoms with Crippen LogP contribution < -0.4 is 16.0 Å². The quantitative estimate of drug-likeness (QED) is 0.755. The van der Waals surface area contributed by atoms with Crippen molar-refractivity contribution in [1.29, 1.82) is 0 Å². The molecule has 0 spiro atoms. The Bertz CT molecular complexity index is 332. The molecule has 0 aromatic heterocycles. The molecule has 4 nitrogen and oxygen atoms in total. The molecule has 0 aliphatic heterocycles. The molecule has 0 amide bonds. The zero-order valence-corrected chi connectivity index (χ0v) is 12.0. The number of benzene rings is 1. The molecular weight excluding hydrogens is 224 g/mol. The topological polar surface area (TPSA) is 44.5 Å². The van der Waals surface area contributed by atoms with Crippen molar-refractivity contribution in [2.75, 3.05) is 52.7 Å². The number of rotatable bonds is 7. The first-order chi connectivity index (χ1) is 8.54. The summed E-state index contributed by atoms with van der Waals surface area (Å²) < 4.78 is 0. The van der Waals surface area contributed by atoms with Crippen molar-refractivity contribution in [3.05, 3.63) is 29.8 Å². The number of anilines is 1. The smallest absolute Gasteiger partial charge is 0.0445 e. The van der Waals surface area contributed by atoms with E-state index in [0.29, 0.717) is 6.54 Å². The molecular formula is C14H26N4. The van der Waals surface area contributed by atoms with Crippen LogP contribution in [0, 0.1) is 0 Å². The van der Waals surface area contributed by atoms with Crippen molar-refractivity contribution in [3.63, 3.8) is 0 Å².